The Labute approximate surface area is 158 Å². The Balaban J connectivity index is 1.54. The van der Waals surface area contributed by atoms with Gasteiger partial charge in [0.1, 0.15) is 0 Å². The summed E-state index contributed by atoms with van der Waals surface area (Å²) in [5.41, 5.74) is -0.496. The number of hydrogen-bond donors (Lipinski definition) is 1. The van der Waals surface area contributed by atoms with Crippen LogP contribution in [0.15, 0.2) is 24.3 Å². The number of benzene rings is 1. The standard InChI is InChI=1S/C20H28F3N3O/c1-2-9-25-10-7-16(8-11-25)24-17-12-19(27)26(14-17)13-15-5-3-4-6-18(15)20(21,22)23/h3-6,16-17,24H,2,7-14H2,1H3/t17-/m0/s1. The molecule has 0 aliphatic carbocycles. The minimum atomic E-state index is -4.40. The molecule has 0 spiro atoms. The fourth-order valence-corrected chi connectivity index (χ4v) is 4.15. The fourth-order valence-electron chi connectivity index (χ4n) is 4.15. The second-order valence-electron chi connectivity index (χ2n) is 7.61. The summed E-state index contributed by atoms with van der Waals surface area (Å²) in [6.07, 6.45) is -0.764. The summed E-state index contributed by atoms with van der Waals surface area (Å²) in [6, 6.07) is 5.92. The third-order valence-corrected chi connectivity index (χ3v) is 5.50. The molecule has 7 heteroatoms. The number of carbonyl (C=O) groups excluding carboxylic acids is 1. The van der Waals surface area contributed by atoms with Gasteiger partial charge in [0.2, 0.25) is 5.91 Å². The summed E-state index contributed by atoms with van der Waals surface area (Å²) in [5, 5.41) is 3.56. The molecular formula is C20H28F3N3O. The molecule has 27 heavy (non-hydrogen) atoms. The van der Waals surface area contributed by atoms with Crippen molar-refractivity contribution in [3.8, 4) is 0 Å². The van der Waals surface area contributed by atoms with Crippen molar-refractivity contribution in [2.24, 2.45) is 0 Å². The Bertz CT molecular complexity index is 642. The molecule has 150 valence electrons. The predicted molar refractivity (Wildman–Crippen MR) is 98.2 cm³/mol. The molecule has 2 heterocycles. The molecule has 0 aromatic heterocycles. The lowest BCUT2D eigenvalue weighted by atomic mass is 10.0. The van der Waals surface area contributed by atoms with Gasteiger partial charge in [-0.2, -0.15) is 13.2 Å². The van der Waals surface area contributed by atoms with E-state index in [-0.39, 0.29) is 24.1 Å². The van der Waals surface area contributed by atoms with Crippen molar-refractivity contribution in [1.29, 1.82) is 0 Å². The number of amides is 1. The van der Waals surface area contributed by atoms with Gasteiger partial charge in [-0.05, 0) is 50.5 Å². The highest BCUT2D eigenvalue weighted by molar-refractivity contribution is 5.79. The third kappa shape index (κ3) is 5.23. The quantitative estimate of drug-likeness (QED) is 0.819. The molecule has 1 aromatic rings. The van der Waals surface area contributed by atoms with Crippen molar-refractivity contribution in [2.45, 2.75) is 57.4 Å². The lowest BCUT2D eigenvalue weighted by molar-refractivity contribution is -0.139. The maximum Gasteiger partial charge on any atom is 0.416 e. The van der Waals surface area contributed by atoms with Crippen LogP contribution in [0.3, 0.4) is 0 Å². The number of carbonyl (C=O) groups is 1. The van der Waals surface area contributed by atoms with E-state index in [1.165, 1.54) is 12.1 Å². The van der Waals surface area contributed by atoms with Gasteiger partial charge in [0.15, 0.2) is 0 Å². The van der Waals surface area contributed by atoms with Gasteiger partial charge in [0.05, 0.1) is 5.56 Å². The number of nitrogens with zero attached hydrogens (tertiary/aromatic N) is 2. The van der Waals surface area contributed by atoms with Crippen LogP contribution >= 0.6 is 0 Å². The van der Waals surface area contributed by atoms with Crippen molar-refractivity contribution >= 4 is 5.91 Å². The molecule has 2 fully saturated rings. The average Bonchev–Trinajstić information content (AvgIpc) is 2.95. The Morgan fingerprint density at radius 2 is 1.85 bits per heavy atom. The van der Waals surface area contributed by atoms with Crippen LogP contribution in [-0.4, -0.2) is 54.0 Å². The van der Waals surface area contributed by atoms with Gasteiger partial charge in [0.25, 0.3) is 0 Å². The molecular weight excluding hydrogens is 355 g/mol. The van der Waals surface area contributed by atoms with E-state index >= 15 is 0 Å². The van der Waals surface area contributed by atoms with E-state index in [1.807, 2.05) is 0 Å². The Morgan fingerprint density at radius 1 is 1.15 bits per heavy atom. The van der Waals surface area contributed by atoms with Crippen LogP contribution < -0.4 is 5.32 Å². The third-order valence-electron chi connectivity index (χ3n) is 5.50. The normalized spacial score (nSPS) is 22.6. The zero-order valence-corrected chi connectivity index (χ0v) is 15.8. The summed E-state index contributed by atoms with van der Waals surface area (Å²) >= 11 is 0. The summed E-state index contributed by atoms with van der Waals surface area (Å²) in [6.45, 7) is 5.92. The molecule has 4 nitrogen and oxygen atoms in total. The van der Waals surface area contributed by atoms with Gasteiger partial charge < -0.3 is 15.1 Å². The zero-order valence-electron chi connectivity index (χ0n) is 15.8. The van der Waals surface area contributed by atoms with Crippen molar-refractivity contribution < 1.29 is 18.0 Å². The number of likely N-dealkylation sites (tertiary alicyclic amines) is 2. The van der Waals surface area contributed by atoms with Crippen LogP contribution in [0.5, 0.6) is 0 Å². The van der Waals surface area contributed by atoms with Gasteiger partial charge in [-0.1, -0.05) is 25.1 Å². The van der Waals surface area contributed by atoms with E-state index in [1.54, 1.807) is 11.0 Å². The zero-order chi connectivity index (χ0) is 19.4. The summed E-state index contributed by atoms with van der Waals surface area (Å²) in [5.74, 6) is -0.0760. The molecule has 3 rings (SSSR count). The van der Waals surface area contributed by atoms with Crippen LogP contribution in [0.2, 0.25) is 0 Å². The lowest BCUT2D eigenvalue weighted by Gasteiger charge is -2.33. The number of hydrogen-bond acceptors (Lipinski definition) is 3. The number of piperidine rings is 1. The number of rotatable bonds is 6. The predicted octanol–water partition coefficient (Wildman–Crippen LogP) is 3.27. The Morgan fingerprint density at radius 3 is 2.52 bits per heavy atom. The SMILES string of the molecule is CCCN1CCC(N[C@H]2CC(=O)N(Cc3ccccc3C(F)(F)F)C2)CC1. The maximum atomic E-state index is 13.2. The highest BCUT2D eigenvalue weighted by atomic mass is 19.4. The van der Waals surface area contributed by atoms with Crippen molar-refractivity contribution in [3.05, 3.63) is 35.4 Å². The first-order valence-corrected chi connectivity index (χ1v) is 9.78. The fraction of sp³-hybridized carbons (Fsp3) is 0.650. The van der Waals surface area contributed by atoms with E-state index < -0.39 is 11.7 Å². The monoisotopic (exact) mass is 383 g/mol. The van der Waals surface area contributed by atoms with E-state index in [0.29, 0.717) is 19.0 Å². The first-order valence-electron chi connectivity index (χ1n) is 9.78. The summed E-state index contributed by atoms with van der Waals surface area (Å²) in [4.78, 5) is 16.3. The molecule has 1 amide bonds. The number of halogens is 3. The van der Waals surface area contributed by atoms with Crippen LogP contribution in [0.1, 0.15) is 43.7 Å². The second kappa shape index (κ2) is 8.61. The average molecular weight is 383 g/mol. The van der Waals surface area contributed by atoms with E-state index in [4.69, 9.17) is 0 Å². The van der Waals surface area contributed by atoms with Gasteiger partial charge in [0, 0.05) is 31.6 Å². The Kier molecular flexibility index (Phi) is 6.42. The molecule has 2 saturated heterocycles. The van der Waals surface area contributed by atoms with Gasteiger partial charge in [-0.25, -0.2) is 0 Å². The summed E-state index contributed by atoms with van der Waals surface area (Å²) < 4.78 is 39.5. The summed E-state index contributed by atoms with van der Waals surface area (Å²) in [7, 11) is 0. The lowest BCUT2D eigenvalue weighted by Crippen LogP contribution is -2.47. The topological polar surface area (TPSA) is 35.6 Å². The molecule has 2 aliphatic rings. The smallest absolute Gasteiger partial charge is 0.337 e. The molecule has 0 radical (unpaired) electrons. The van der Waals surface area contributed by atoms with E-state index in [0.717, 1.165) is 45.0 Å². The number of nitrogens with one attached hydrogen (secondary N) is 1. The van der Waals surface area contributed by atoms with Crippen molar-refractivity contribution in [2.75, 3.05) is 26.2 Å². The van der Waals surface area contributed by atoms with Gasteiger partial charge in [-0.3, -0.25) is 4.79 Å². The first-order chi connectivity index (χ1) is 12.9. The molecule has 0 saturated carbocycles. The molecule has 1 N–H and O–H groups in total. The highest BCUT2D eigenvalue weighted by Gasteiger charge is 2.36. The first kappa shape index (κ1) is 20.1. The molecule has 2 aliphatic heterocycles. The number of alkyl halides is 3. The maximum absolute atomic E-state index is 13.2. The van der Waals surface area contributed by atoms with Crippen LogP contribution in [0.4, 0.5) is 13.2 Å². The minimum absolute atomic E-state index is 0.0155. The molecule has 0 bridgehead atoms. The van der Waals surface area contributed by atoms with Crippen LogP contribution in [0.25, 0.3) is 0 Å². The van der Waals surface area contributed by atoms with Crippen LogP contribution in [0, 0.1) is 0 Å². The van der Waals surface area contributed by atoms with Crippen molar-refractivity contribution in [1.82, 2.24) is 15.1 Å². The van der Waals surface area contributed by atoms with E-state index in [9.17, 15) is 18.0 Å². The van der Waals surface area contributed by atoms with E-state index in [2.05, 4.69) is 17.1 Å². The highest BCUT2D eigenvalue weighted by Crippen LogP contribution is 2.33. The molecule has 0 unspecified atom stereocenters. The van der Waals surface area contributed by atoms with Gasteiger partial charge in [-0.15, -0.1) is 0 Å². The second-order valence-corrected chi connectivity index (χ2v) is 7.61. The molecule has 1 atom stereocenters. The Hall–Kier alpha value is -1.60. The minimum Gasteiger partial charge on any atom is -0.337 e. The van der Waals surface area contributed by atoms with Crippen LogP contribution in [-0.2, 0) is 17.5 Å². The van der Waals surface area contributed by atoms with Crippen molar-refractivity contribution in [3.63, 3.8) is 0 Å². The largest absolute Gasteiger partial charge is 0.416 e. The molecule has 1 aromatic carbocycles. The van der Waals surface area contributed by atoms with Gasteiger partial charge >= 0.3 is 6.18 Å².